The predicted molar refractivity (Wildman–Crippen MR) is 78.4 cm³/mol. The van der Waals surface area contributed by atoms with Crippen LogP contribution < -0.4 is 5.32 Å². The van der Waals surface area contributed by atoms with Crippen molar-refractivity contribution in [2.24, 2.45) is 5.41 Å². The van der Waals surface area contributed by atoms with Crippen molar-refractivity contribution < 1.29 is 9.13 Å². The third-order valence-corrected chi connectivity index (χ3v) is 4.62. The molecule has 1 saturated heterocycles. The molecule has 1 unspecified atom stereocenters. The van der Waals surface area contributed by atoms with E-state index in [4.69, 9.17) is 4.74 Å². The molecule has 1 aliphatic carbocycles. The van der Waals surface area contributed by atoms with Crippen molar-refractivity contribution >= 4 is 0 Å². The first kappa shape index (κ1) is 14.0. The van der Waals surface area contributed by atoms with E-state index in [1.165, 1.54) is 24.8 Å². The Bertz CT molecular complexity index is 464. The summed E-state index contributed by atoms with van der Waals surface area (Å²) in [7, 11) is 0. The molecule has 0 spiro atoms. The third-order valence-electron chi connectivity index (χ3n) is 4.62. The highest BCUT2D eigenvalue weighted by molar-refractivity contribution is 5.28. The van der Waals surface area contributed by atoms with Crippen molar-refractivity contribution in [3.8, 4) is 0 Å². The van der Waals surface area contributed by atoms with E-state index in [9.17, 15) is 4.39 Å². The van der Waals surface area contributed by atoms with Crippen molar-refractivity contribution in [1.82, 2.24) is 5.32 Å². The van der Waals surface area contributed by atoms with Gasteiger partial charge >= 0.3 is 0 Å². The van der Waals surface area contributed by atoms with Crippen LogP contribution in [-0.4, -0.2) is 25.8 Å². The largest absolute Gasteiger partial charge is 0.381 e. The van der Waals surface area contributed by atoms with Crippen LogP contribution in [0.3, 0.4) is 0 Å². The predicted octanol–water partition coefficient (Wildman–Crippen LogP) is 3.23. The van der Waals surface area contributed by atoms with Gasteiger partial charge in [-0.3, -0.25) is 0 Å². The Labute approximate surface area is 120 Å². The average Bonchev–Trinajstić information content (AvgIpc) is 3.26. The van der Waals surface area contributed by atoms with Crippen LogP contribution in [0.2, 0.25) is 0 Å². The summed E-state index contributed by atoms with van der Waals surface area (Å²) in [5.74, 6) is -0.132. The van der Waals surface area contributed by atoms with E-state index in [1.54, 1.807) is 12.1 Å². The molecular weight excluding hydrogens is 253 g/mol. The minimum absolute atomic E-state index is 0.132. The molecule has 3 heteroatoms. The first-order valence-corrected chi connectivity index (χ1v) is 7.73. The fourth-order valence-electron chi connectivity index (χ4n) is 3.13. The molecule has 0 aromatic heterocycles. The molecule has 0 radical (unpaired) electrons. The number of halogens is 1. The van der Waals surface area contributed by atoms with Crippen LogP contribution in [0.15, 0.2) is 18.2 Å². The standard InChI is InChI=1S/C17H24FNO/c1-13-3-4-15(18)9-14(13)10-17(7-2-8-20-12-17)11-19-16-5-6-16/h3-4,9,16,19H,2,5-8,10-12H2,1H3. The van der Waals surface area contributed by atoms with Gasteiger partial charge in [-0.1, -0.05) is 6.07 Å². The minimum atomic E-state index is -0.132. The lowest BCUT2D eigenvalue weighted by Crippen LogP contribution is -2.43. The summed E-state index contributed by atoms with van der Waals surface area (Å²) in [6, 6.07) is 5.84. The lowest BCUT2D eigenvalue weighted by Gasteiger charge is -2.38. The highest BCUT2D eigenvalue weighted by Gasteiger charge is 2.35. The van der Waals surface area contributed by atoms with E-state index >= 15 is 0 Å². The Morgan fingerprint density at radius 3 is 2.95 bits per heavy atom. The van der Waals surface area contributed by atoms with E-state index in [2.05, 4.69) is 12.2 Å². The minimum Gasteiger partial charge on any atom is -0.381 e. The van der Waals surface area contributed by atoms with E-state index < -0.39 is 0 Å². The summed E-state index contributed by atoms with van der Waals surface area (Å²) >= 11 is 0. The van der Waals surface area contributed by atoms with Gasteiger partial charge in [0, 0.05) is 24.6 Å². The summed E-state index contributed by atoms with van der Waals surface area (Å²) in [5.41, 5.74) is 2.45. The summed E-state index contributed by atoms with van der Waals surface area (Å²) in [5, 5.41) is 3.65. The van der Waals surface area contributed by atoms with Gasteiger partial charge in [0.25, 0.3) is 0 Å². The van der Waals surface area contributed by atoms with Gasteiger partial charge in [0.1, 0.15) is 5.82 Å². The molecule has 1 N–H and O–H groups in total. The lowest BCUT2D eigenvalue weighted by atomic mass is 9.76. The topological polar surface area (TPSA) is 21.3 Å². The Hall–Kier alpha value is -0.930. The van der Waals surface area contributed by atoms with Gasteiger partial charge in [-0.25, -0.2) is 4.39 Å². The summed E-state index contributed by atoms with van der Waals surface area (Å²) < 4.78 is 19.3. The Kier molecular flexibility index (Phi) is 4.08. The molecule has 110 valence electrons. The number of aryl methyl sites for hydroxylation is 1. The second-order valence-electron chi connectivity index (χ2n) is 6.56. The molecule has 1 aromatic rings. The molecule has 1 aromatic carbocycles. The van der Waals surface area contributed by atoms with Crippen molar-refractivity contribution in [2.45, 2.75) is 45.1 Å². The normalized spacial score (nSPS) is 26.7. The Morgan fingerprint density at radius 1 is 1.40 bits per heavy atom. The summed E-state index contributed by atoms with van der Waals surface area (Å²) in [6.45, 7) is 4.73. The monoisotopic (exact) mass is 277 g/mol. The number of hydrogen-bond donors (Lipinski definition) is 1. The van der Waals surface area contributed by atoms with E-state index in [0.717, 1.165) is 38.2 Å². The Balaban J connectivity index is 1.75. The smallest absolute Gasteiger partial charge is 0.123 e. The van der Waals surface area contributed by atoms with Crippen molar-refractivity contribution in [3.05, 3.63) is 35.1 Å². The number of hydrogen-bond acceptors (Lipinski definition) is 2. The molecular formula is C17H24FNO. The van der Waals surface area contributed by atoms with Crippen LogP contribution in [0.1, 0.15) is 36.8 Å². The molecule has 1 atom stereocenters. The first-order valence-electron chi connectivity index (χ1n) is 7.73. The third kappa shape index (κ3) is 3.39. The molecule has 0 bridgehead atoms. The fourth-order valence-corrected chi connectivity index (χ4v) is 3.13. The zero-order valence-corrected chi connectivity index (χ0v) is 12.3. The van der Waals surface area contributed by atoms with Crippen LogP contribution in [0.25, 0.3) is 0 Å². The molecule has 2 nitrogen and oxygen atoms in total. The van der Waals surface area contributed by atoms with Crippen LogP contribution in [0.4, 0.5) is 4.39 Å². The van der Waals surface area contributed by atoms with Crippen molar-refractivity contribution in [2.75, 3.05) is 19.8 Å². The zero-order chi connectivity index (χ0) is 14.0. The Morgan fingerprint density at radius 2 is 2.25 bits per heavy atom. The summed E-state index contributed by atoms with van der Waals surface area (Å²) in [4.78, 5) is 0. The molecule has 2 aliphatic rings. The average molecular weight is 277 g/mol. The van der Waals surface area contributed by atoms with Crippen LogP contribution >= 0.6 is 0 Å². The van der Waals surface area contributed by atoms with Crippen molar-refractivity contribution in [3.63, 3.8) is 0 Å². The van der Waals surface area contributed by atoms with E-state index in [-0.39, 0.29) is 11.2 Å². The van der Waals surface area contributed by atoms with Gasteiger partial charge in [-0.2, -0.15) is 0 Å². The fraction of sp³-hybridized carbons (Fsp3) is 0.647. The van der Waals surface area contributed by atoms with Gasteiger partial charge in [0.05, 0.1) is 6.61 Å². The molecule has 2 fully saturated rings. The van der Waals surface area contributed by atoms with Crippen LogP contribution in [-0.2, 0) is 11.2 Å². The maximum atomic E-state index is 13.5. The van der Waals surface area contributed by atoms with Crippen LogP contribution in [0, 0.1) is 18.2 Å². The number of benzene rings is 1. The van der Waals surface area contributed by atoms with Gasteiger partial charge in [-0.05, 0) is 62.3 Å². The highest BCUT2D eigenvalue weighted by Crippen LogP contribution is 2.34. The molecule has 20 heavy (non-hydrogen) atoms. The van der Waals surface area contributed by atoms with Gasteiger partial charge in [-0.15, -0.1) is 0 Å². The molecule has 3 rings (SSSR count). The van der Waals surface area contributed by atoms with Gasteiger partial charge in [0.2, 0.25) is 0 Å². The maximum Gasteiger partial charge on any atom is 0.123 e. The van der Waals surface area contributed by atoms with Gasteiger partial charge in [0.15, 0.2) is 0 Å². The molecule has 1 heterocycles. The second-order valence-corrected chi connectivity index (χ2v) is 6.56. The first-order chi connectivity index (χ1) is 9.67. The maximum absolute atomic E-state index is 13.5. The second kappa shape index (κ2) is 5.82. The number of rotatable bonds is 5. The van der Waals surface area contributed by atoms with E-state index in [1.807, 2.05) is 6.07 Å². The molecule has 1 saturated carbocycles. The quantitative estimate of drug-likeness (QED) is 0.892. The lowest BCUT2D eigenvalue weighted by molar-refractivity contribution is -0.00744. The molecule has 1 aliphatic heterocycles. The number of ether oxygens (including phenoxy) is 1. The van der Waals surface area contributed by atoms with Crippen molar-refractivity contribution in [1.29, 1.82) is 0 Å². The van der Waals surface area contributed by atoms with Gasteiger partial charge < -0.3 is 10.1 Å². The van der Waals surface area contributed by atoms with Crippen LogP contribution in [0.5, 0.6) is 0 Å². The van der Waals surface area contributed by atoms with E-state index in [0.29, 0.717) is 6.04 Å². The highest BCUT2D eigenvalue weighted by atomic mass is 19.1. The summed E-state index contributed by atoms with van der Waals surface area (Å²) in [6.07, 6.45) is 5.80. The number of nitrogens with one attached hydrogen (secondary N) is 1. The SMILES string of the molecule is Cc1ccc(F)cc1CC1(CNC2CC2)CCCOC1. The zero-order valence-electron chi connectivity index (χ0n) is 12.3. The molecule has 0 amide bonds.